The number of halogens is 1. The van der Waals surface area contributed by atoms with E-state index in [-0.39, 0.29) is 24.0 Å². The van der Waals surface area contributed by atoms with Crippen LogP contribution in [-0.4, -0.2) is 60.0 Å². The van der Waals surface area contributed by atoms with E-state index < -0.39 is 0 Å². The van der Waals surface area contributed by atoms with Gasteiger partial charge in [0.1, 0.15) is 12.2 Å². The molecule has 0 bridgehead atoms. The largest absolute Gasteiger partial charge is 0.493 e. The predicted octanol–water partition coefficient (Wildman–Crippen LogP) is 2.11. The standard InChI is InChI=1S/C19H28N6O2.HI/c1-5-18-23-22-13-25(18)9-7-21-19(20-2)24-8-6-14-10-16(26-3)17(27-4)11-15(14)12-24;/h10-11,13H,5-9,12H2,1-4H3,(H,20,21);1H. The van der Waals surface area contributed by atoms with E-state index in [1.165, 1.54) is 11.1 Å². The van der Waals surface area contributed by atoms with E-state index in [9.17, 15) is 0 Å². The fourth-order valence-corrected chi connectivity index (χ4v) is 3.42. The number of aryl methyl sites for hydroxylation is 1. The molecule has 3 rings (SSSR count). The van der Waals surface area contributed by atoms with E-state index in [1.807, 2.05) is 7.05 Å². The second-order valence-electron chi connectivity index (χ2n) is 6.42. The van der Waals surface area contributed by atoms with Crippen molar-refractivity contribution in [3.05, 3.63) is 35.4 Å². The van der Waals surface area contributed by atoms with Crippen molar-refractivity contribution >= 4 is 29.9 Å². The molecule has 28 heavy (non-hydrogen) atoms. The van der Waals surface area contributed by atoms with Crippen LogP contribution in [-0.2, 0) is 25.9 Å². The Morgan fingerprint density at radius 3 is 2.57 bits per heavy atom. The molecule has 1 aromatic carbocycles. The van der Waals surface area contributed by atoms with Crippen LogP contribution in [0.1, 0.15) is 23.9 Å². The average molecular weight is 500 g/mol. The summed E-state index contributed by atoms with van der Waals surface area (Å²) in [7, 11) is 5.16. The minimum Gasteiger partial charge on any atom is -0.493 e. The van der Waals surface area contributed by atoms with E-state index >= 15 is 0 Å². The first-order valence-corrected chi connectivity index (χ1v) is 9.26. The number of aromatic nitrogens is 3. The van der Waals surface area contributed by atoms with Crippen molar-refractivity contribution in [2.24, 2.45) is 4.99 Å². The van der Waals surface area contributed by atoms with Crippen LogP contribution in [0.3, 0.4) is 0 Å². The van der Waals surface area contributed by atoms with E-state index in [0.717, 1.165) is 62.3 Å². The molecule has 2 aromatic rings. The summed E-state index contributed by atoms with van der Waals surface area (Å²) in [5, 5.41) is 11.6. The molecule has 0 spiro atoms. The second-order valence-corrected chi connectivity index (χ2v) is 6.42. The van der Waals surface area contributed by atoms with Crippen molar-refractivity contribution in [2.75, 3.05) is 34.4 Å². The lowest BCUT2D eigenvalue weighted by atomic mass is 9.99. The van der Waals surface area contributed by atoms with Gasteiger partial charge in [-0.05, 0) is 29.7 Å². The average Bonchev–Trinajstić information content (AvgIpc) is 3.17. The van der Waals surface area contributed by atoms with Crippen molar-refractivity contribution in [2.45, 2.75) is 32.9 Å². The summed E-state index contributed by atoms with van der Waals surface area (Å²) in [6.45, 7) is 5.37. The number of ether oxygens (including phenoxy) is 2. The minimum atomic E-state index is 0. The maximum atomic E-state index is 5.45. The fraction of sp³-hybridized carbons (Fsp3) is 0.526. The highest BCUT2D eigenvalue weighted by Gasteiger charge is 2.21. The third kappa shape index (κ3) is 4.86. The van der Waals surface area contributed by atoms with Gasteiger partial charge in [0.25, 0.3) is 0 Å². The van der Waals surface area contributed by atoms with Crippen LogP contribution in [0.15, 0.2) is 23.5 Å². The number of aliphatic imine (C=N–C) groups is 1. The zero-order valence-corrected chi connectivity index (χ0v) is 19.3. The molecule has 0 atom stereocenters. The maximum absolute atomic E-state index is 5.45. The minimum absolute atomic E-state index is 0. The highest BCUT2D eigenvalue weighted by Crippen LogP contribution is 2.33. The third-order valence-corrected chi connectivity index (χ3v) is 4.88. The van der Waals surface area contributed by atoms with Crippen LogP contribution in [0.4, 0.5) is 0 Å². The molecule has 1 aromatic heterocycles. The SMILES string of the molecule is CCc1nncn1CCNC(=NC)N1CCc2cc(OC)c(OC)cc2C1.I. The van der Waals surface area contributed by atoms with E-state index in [4.69, 9.17) is 9.47 Å². The molecule has 8 nitrogen and oxygen atoms in total. The van der Waals surface area contributed by atoms with Gasteiger partial charge in [-0.2, -0.15) is 0 Å². The van der Waals surface area contributed by atoms with Gasteiger partial charge in [0, 0.05) is 39.6 Å². The molecule has 0 unspecified atom stereocenters. The third-order valence-electron chi connectivity index (χ3n) is 4.88. The Balaban J connectivity index is 0.00000280. The van der Waals surface area contributed by atoms with Crippen LogP contribution in [0.5, 0.6) is 11.5 Å². The molecule has 0 aliphatic carbocycles. The Labute approximate surface area is 183 Å². The number of rotatable bonds is 6. The molecule has 0 radical (unpaired) electrons. The molecular formula is C19H29IN6O2. The molecule has 0 fully saturated rings. The normalized spacial score (nSPS) is 13.6. The highest BCUT2D eigenvalue weighted by molar-refractivity contribution is 14.0. The lowest BCUT2D eigenvalue weighted by Gasteiger charge is -2.32. The lowest BCUT2D eigenvalue weighted by Crippen LogP contribution is -2.44. The Bertz CT molecular complexity index is 808. The molecule has 1 aliphatic heterocycles. The topological polar surface area (TPSA) is 76.8 Å². The van der Waals surface area contributed by atoms with Gasteiger partial charge >= 0.3 is 0 Å². The molecule has 0 amide bonds. The number of nitrogens with one attached hydrogen (secondary N) is 1. The number of methoxy groups -OCH3 is 2. The first-order valence-electron chi connectivity index (χ1n) is 9.26. The Morgan fingerprint density at radius 2 is 1.93 bits per heavy atom. The monoisotopic (exact) mass is 500 g/mol. The zero-order valence-electron chi connectivity index (χ0n) is 16.9. The van der Waals surface area contributed by atoms with Crippen molar-refractivity contribution in [1.82, 2.24) is 25.0 Å². The van der Waals surface area contributed by atoms with Crippen molar-refractivity contribution in [3.63, 3.8) is 0 Å². The number of hydrogen-bond donors (Lipinski definition) is 1. The number of guanidine groups is 1. The lowest BCUT2D eigenvalue weighted by molar-refractivity contribution is 0.345. The van der Waals surface area contributed by atoms with Crippen LogP contribution in [0, 0.1) is 0 Å². The molecular weight excluding hydrogens is 471 g/mol. The Hall–Kier alpha value is -2.04. The van der Waals surface area contributed by atoms with Crippen molar-refractivity contribution < 1.29 is 9.47 Å². The molecule has 1 aliphatic rings. The molecule has 0 saturated heterocycles. The van der Waals surface area contributed by atoms with Crippen LogP contribution >= 0.6 is 24.0 Å². The van der Waals surface area contributed by atoms with Crippen LogP contribution in [0.2, 0.25) is 0 Å². The zero-order chi connectivity index (χ0) is 19.2. The maximum Gasteiger partial charge on any atom is 0.194 e. The van der Waals surface area contributed by atoms with Crippen molar-refractivity contribution in [1.29, 1.82) is 0 Å². The van der Waals surface area contributed by atoms with E-state index in [0.29, 0.717) is 0 Å². The first kappa shape index (κ1) is 22.3. The highest BCUT2D eigenvalue weighted by atomic mass is 127. The summed E-state index contributed by atoms with van der Waals surface area (Å²) >= 11 is 0. The summed E-state index contributed by atoms with van der Waals surface area (Å²) in [4.78, 5) is 6.72. The summed E-state index contributed by atoms with van der Waals surface area (Å²) < 4.78 is 12.9. The van der Waals surface area contributed by atoms with Gasteiger partial charge in [-0.3, -0.25) is 4.99 Å². The Kier molecular flexibility index (Phi) is 8.34. The molecule has 154 valence electrons. The quantitative estimate of drug-likeness (QED) is 0.372. The summed E-state index contributed by atoms with van der Waals surface area (Å²) in [6.07, 6.45) is 3.60. The van der Waals surface area contributed by atoms with Gasteiger partial charge in [-0.15, -0.1) is 34.2 Å². The number of nitrogens with zero attached hydrogens (tertiary/aromatic N) is 5. The number of fused-ring (bicyclic) bond motifs is 1. The molecule has 2 heterocycles. The van der Waals surface area contributed by atoms with Gasteiger partial charge < -0.3 is 24.3 Å². The van der Waals surface area contributed by atoms with Crippen molar-refractivity contribution in [3.8, 4) is 11.5 Å². The van der Waals surface area contributed by atoms with Gasteiger partial charge in [-0.25, -0.2) is 0 Å². The smallest absolute Gasteiger partial charge is 0.194 e. The van der Waals surface area contributed by atoms with Crippen LogP contribution < -0.4 is 14.8 Å². The van der Waals surface area contributed by atoms with Crippen LogP contribution in [0.25, 0.3) is 0 Å². The first-order chi connectivity index (χ1) is 13.2. The summed E-state index contributed by atoms with van der Waals surface area (Å²) in [6, 6.07) is 4.15. The Morgan fingerprint density at radius 1 is 1.21 bits per heavy atom. The predicted molar refractivity (Wildman–Crippen MR) is 120 cm³/mol. The fourth-order valence-electron chi connectivity index (χ4n) is 3.42. The second kappa shape index (κ2) is 10.5. The van der Waals surface area contributed by atoms with Gasteiger partial charge in [-0.1, -0.05) is 6.92 Å². The molecule has 9 heteroatoms. The van der Waals surface area contributed by atoms with Gasteiger partial charge in [0.2, 0.25) is 0 Å². The summed E-state index contributed by atoms with van der Waals surface area (Å²) in [5.41, 5.74) is 2.55. The molecule has 1 N–H and O–H groups in total. The van der Waals surface area contributed by atoms with Gasteiger partial charge in [0.15, 0.2) is 17.5 Å². The molecule has 0 saturated carbocycles. The van der Waals surface area contributed by atoms with Gasteiger partial charge in [0.05, 0.1) is 14.2 Å². The van der Waals surface area contributed by atoms with E-state index in [2.05, 4.69) is 49.0 Å². The number of benzene rings is 1. The summed E-state index contributed by atoms with van der Waals surface area (Å²) in [5.74, 6) is 3.45. The number of hydrogen-bond acceptors (Lipinski definition) is 5. The van der Waals surface area contributed by atoms with E-state index in [1.54, 1.807) is 20.5 Å².